The van der Waals surface area contributed by atoms with Gasteiger partial charge in [-0.1, -0.05) is 94.4 Å². The summed E-state index contributed by atoms with van der Waals surface area (Å²) < 4.78 is 12.2. The Morgan fingerprint density at radius 2 is 1.64 bits per heavy atom. The van der Waals surface area contributed by atoms with Gasteiger partial charge in [-0.15, -0.1) is 0 Å². The summed E-state index contributed by atoms with van der Waals surface area (Å²) >= 11 is 0. The molecule has 0 aromatic heterocycles. The summed E-state index contributed by atoms with van der Waals surface area (Å²) in [5.41, 5.74) is 0.930. The Labute approximate surface area is 219 Å². The molecule has 0 N–H and O–H groups in total. The molecule has 2 aromatic carbocycles. The van der Waals surface area contributed by atoms with Crippen LogP contribution in [0.3, 0.4) is 0 Å². The molecule has 0 unspecified atom stereocenters. The van der Waals surface area contributed by atoms with E-state index in [1.807, 2.05) is 13.8 Å². The molecule has 4 rings (SSSR count). The van der Waals surface area contributed by atoms with E-state index >= 15 is 0 Å². The van der Waals surface area contributed by atoms with Gasteiger partial charge in [0.05, 0.1) is 6.61 Å². The molecule has 0 aliphatic heterocycles. The minimum Gasteiger partial charge on any atom is -0.463 e. The largest absolute Gasteiger partial charge is 0.463 e. The van der Waals surface area contributed by atoms with Crippen LogP contribution in [0.4, 0.5) is 0 Å². The van der Waals surface area contributed by atoms with Crippen molar-refractivity contribution in [1.82, 2.24) is 0 Å². The summed E-state index contributed by atoms with van der Waals surface area (Å²) in [7, 11) is -2.44. The number of benzene rings is 2. The van der Waals surface area contributed by atoms with Gasteiger partial charge in [-0.2, -0.15) is 0 Å². The highest BCUT2D eigenvalue weighted by Gasteiger charge is 2.59. The van der Waals surface area contributed by atoms with Gasteiger partial charge in [0.25, 0.3) is 8.32 Å². The normalized spacial score (nSPS) is 25.9. The highest BCUT2D eigenvalue weighted by molar-refractivity contribution is 6.99. The molecule has 4 heteroatoms. The summed E-state index contributed by atoms with van der Waals surface area (Å²) in [5, 5.41) is 2.73. The first-order valence-electron chi connectivity index (χ1n) is 13.7. The van der Waals surface area contributed by atoms with Gasteiger partial charge in [0.1, 0.15) is 0 Å². The highest BCUT2D eigenvalue weighted by atomic mass is 28.4. The predicted octanol–water partition coefficient (Wildman–Crippen LogP) is 6.51. The topological polar surface area (TPSA) is 35.5 Å². The Hall–Kier alpha value is -2.17. The fourth-order valence-corrected chi connectivity index (χ4v) is 11.1. The van der Waals surface area contributed by atoms with Gasteiger partial charge in [0.2, 0.25) is 0 Å². The summed E-state index contributed by atoms with van der Waals surface area (Å²) in [6.45, 7) is 14.3. The van der Waals surface area contributed by atoms with Crippen molar-refractivity contribution in [2.75, 3.05) is 13.2 Å². The van der Waals surface area contributed by atoms with Crippen LogP contribution in [0.1, 0.15) is 67.2 Å². The number of hydrogen-bond donors (Lipinski definition) is 0. The van der Waals surface area contributed by atoms with Gasteiger partial charge in [-0.05, 0) is 78.1 Å². The number of esters is 1. The van der Waals surface area contributed by atoms with E-state index < -0.39 is 8.32 Å². The molecule has 0 radical (unpaired) electrons. The zero-order valence-corrected chi connectivity index (χ0v) is 24.1. The Morgan fingerprint density at radius 1 is 1.06 bits per heavy atom. The summed E-state index contributed by atoms with van der Waals surface area (Å²) in [5.74, 6) is 2.15. The van der Waals surface area contributed by atoms with E-state index in [1.54, 1.807) is 0 Å². The monoisotopic (exact) mass is 504 g/mol. The van der Waals surface area contributed by atoms with Crippen molar-refractivity contribution in [3.05, 3.63) is 72.3 Å². The predicted molar refractivity (Wildman–Crippen MR) is 151 cm³/mol. The molecule has 0 bridgehead atoms. The first-order valence-corrected chi connectivity index (χ1v) is 15.6. The minimum absolute atomic E-state index is 0.0246. The smallest absolute Gasteiger partial charge is 0.333 e. The summed E-state index contributed by atoms with van der Waals surface area (Å²) in [6.07, 6.45) is 7.04. The maximum absolute atomic E-state index is 12.0. The molecular weight excluding hydrogens is 460 g/mol. The van der Waals surface area contributed by atoms with Crippen molar-refractivity contribution in [2.24, 2.45) is 23.2 Å². The van der Waals surface area contributed by atoms with Crippen LogP contribution in [0.15, 0.2) is 72.3 Å². The third-order valence-corrected chi connectivity index (χ3v) is 13.5. The van der Waals surface area contributed by atoms with E-state index in [1.165, 1.54) is 29.6 Å². The van der Waals surface area contributed by atoms with Crippen LogP contribution in [0.2, 0.25) is 5.04 Å². The lowest BCUT2D eigenvalue weighted by molar-refractivity contribution is -0.138. The molecule has 0 saturated heterocycles. The molecule has 0 spiro atoms. The maximum atomic E-state index is 12.0. The molecule has 4 atom stereocenters. The van der Waals surface area contributed by atoms with Gasteiger partial charge in [0.15, 0.2) is 0 Å². The van der Waals surface area contributed by atoms with Crippen LogP contribution in [0.25, 0.3) is 0 Å². The van der Waals surface area contributed by atoms with Gasteiger partial charge in [-0.25, -0.2) is 4.79 Å². The second-order valence-electron chi connectivity index (χ2n) is 12.2. The number of carbonyl (C=O) groups is 1. The van der Waals surface area contributed by atoms with Crippen LogP contribution >= 0.6 is 0 Å². The molecule has 2 aliphatic rings. The van der Waals surface area contributed by atoms with E-state index in [0.29, 0.717) is 12.5 Å². The average Bonchev–Trinajstić information content (AvgIpc) is 3.75. The van der Waals surface area contributed by atoms with E-state index in [-0.39, 0.29) is 16.4 Å². The Balaban J connectivity index is 1.37. The molecule has 194 valence electrons. The first-order chi connectivity index (χ1) is 17.1. The van der Waals surface area contributed by atoms with Crippen LogP contribution in [0, 0.1) is 23.2 Å². The zero-order valence-electron chi connectivity index (χ0n) is 23.1. The Bertz CT molecular complexity index is 1020. The SMILES string of the molecule is CCOC(=O)/C(C)=C/[C@@]1(C)C[C@@H]1[C@H]1C[C@@H]1CCCO[Si](c1ccccc1)(c1ccccc1)C(C)(C)C. The van der Waals surface area contributed by atoms with Gasteiger partial charge in [-0.3, -0.25) is 0 Å². The minimum atomic E-state index is -2.44. The second kappa shape index (κ2) is 10.7. The number of hydrogen-bond acceptors (Lipinski definition) is 3. The van der Waals surface area contributed by atoms with Crippen molar-refractivity contribution < 1.29 is 14.0 Å². The third-order valence-electron chi connectivity index (χ3n) is 8.44. The number of carbonyl (C=O) groups excluding carboxylic acids is 1. The number of ether oxygens (including phenoxy) is 1. The van der Waals surface area contributed by atoms with Gasteiger partial charge in [0, 0.05) is 12.2 Å². The van der Waals surface area contributed by atoms with Crippen molar-refractivity contribution in [3.63, 3.8) is 0 Å². The van der Waals surface area contributed by atoms with Crippen molar-refractivity contribution in [1.29, 1.82) is 0 Å². The molecule has 2 saturated carbocycles. The van der Waals surface area contributed by atoms with Gasteiger partial charge < -0.3 is 9.16 Å². The van der Waals surface area contributed by atoms with Crippen molar-refractivity contribution in [2.45, 2.75) is 72.3 Å². The molecule has 3 nitrogen and oxygen atoms in total. The molecule has 2 aliphatic carbocycles. The van der Waals surface area contributed by atoms with E-state index in [4.69, 9.17) is 9.16 Å². The molecule has 2 aromatic rings. The maximum Gasteiger partial charge on any atom is 0.333 e. The summed E-state index contributed by atoms with van der Waals surface area (Å²) in [4.78, 5) is 12.0. The fourth-order valence-electron chi connectivity index (χ4n) is 6.45. The molecule has 36 heavy (non-hydrogen) atoms. The molecule has 2 fully saturated rings. The lowest BCUT2D eigenvalue weighted by Crippen LogP contribution is -2.66. The van der Waals surface area contributed by atoms with Crippen LogP contribution < -0.4 is 10.4 Å². The van der Waals surface area contributed by atoms with Gasteiger partial charge >= 0.3 is 5.97 Å². The van der Waals surface area contributed by atoms with E-state index in [2.05, 4.69) is 94.4 Å². The molecular formula is C32H44O3Si. The zero-order chi connectivity index (χ0) is 26.0. The number of allylic oxidation sites excluding steroid dienone is 1. The fraction of sp³-hybridized carbons (Fsp3) is 0.531. The Morgan fingerprint density at radius 3 is 2.17 bits per heavy atom. The first kappa shape index (κ1) is 26.9. The van der Waals surface area contributed by atoms with Crippen LogP contribution in [-0.2, 0) is 14.0 Å². The molecule has 0 amide bonds. The standard InChI is InChI=1S/C32H44O3Si/c1-7-34-30(33)24(2)22-32(6)23-29(32)28-21-25(28)15-14-20-35-36(31(3,4)5,26-16-10-8-11-17-26)27-18-12-9-13-19-27/h8-13,16-19,22,25,28-29H,7,14-15,20-21,23H2,1-6H3/b24-22+/t25-,28-,29+,32-/m0/s1. The van der Waals surface area contributed by atoms with E-state index in [9.17, 15) is 4.79 Å². The Kier molecular flexibility index (Phi) is 7.97. The van der Waals surface area contributed by atoms with Crippen molar-refractivity contribution >= 4 is 24.7 Å². The summed E-state index contributed by atoms with van der Waals surface area (Å²) in [6, 6.07) is 21.8. The highest BCUT2D eigenvalue weighted by Crippen LogP contribution is 2.66. The number of rotatable bonds is 11. The average molecular weight is 505 g/mol. The van der Waals surface area contributed by atoms with E-state index in [0.717, 1.165) is 30.4 Å². The van der Waals surface area contributed by atoms with Crippen LogP contribution in [0.5, 0.6) is 0 Å². The van der Waals surface area contributed by atoms with Crippen molar-refractivity contribution in [3.8, 4) is 0 Å². The third kappa shape index (κ3) is 5.55. The quantitative estimate of drug-likeness (QED) is 0.151. The second-order valence-corrected chi connectivity index (χ2v) is 16.5. The lowest BCUT2D eigenvalue weighted by atomic mass is 9.99. The molecule has 0 heterocycles. The lowest BCUT2D eigenvalue weighted by Gasteiger charge is -2.43. The van der Waals surface area contributed by atoms with Crippen LogP contribution in [-0.4, -0.2) is 27.5 Å².